The normalized spacial score (nSPS) is 10.3. The SMILES string of the molecule is COc1ccc(Cl)cc1C(=O)c1ncc(Br)cc1Br. The summed E-state index contributed by atoms with van der Waals surface area (Å²) in [4.78, 5) is 16.6. The average molecular weight is 405 g/mol. The number of carbonyl (C=O) groups is 1. The monoisotopic (exact) mass is 403 g/mol. The molecule has 0 spiro atoms. The largest absolute Gasteiger partial charge is 0.496 e. The lowest BCUT2D eigenvalue weighted by molar-refractivity contribution is 0.103. The standard InChI is InChI=1S/C13H8Br2ClNO2/c1-19-11-3-2-8(16)5-9(11)13(18)12-10(15)4-7(14)6-17-12/h2-6H,1H3. The van der Waals surface area contributed by atoms with Crippen LogP contribution >= 0.6 is 43.5 Å². The number of ether oxygens (including phenoxy) is 1. The first kappa shape index (κ1) is 14.5. The molecule has 0 atom stereocenters. The molecule has 0 aliphatic rings. The predicted octanol–water partition coefficient (Wildman–Crippen LogP) is 4.50. The summed E-state index contributed by atoms with van der Waals surface area (Å²) >= 11 is 12.5. The van der Waals surface area contributed by atoms with Crippen molar-refractivity contribution in [1.82, 2.24) is 4.98 Å². The van der Waals surface area contributed by atoms with Crippen LogP contribution in [0, 0.1) is 0 Å². The van der Waals surface area contributed by atoms with Gasteiger partial charge in [-0.05, 0) is 56.1 Å². The van der Waals surface area contributed by atoms with Crippen LogP contribution in [0.25, 0.3) is 0 Å². The number of rotatable bonds is 3. The average Bonchev–Trinajstić information content (AvgIpc) is 2.38. The van der Waals surface area contributed by atoms with E-state index >= 15 is 0 Å². The lowest BCUT2D eigenvalue weighted by Gasteiger charge is -2.08. The fourth-order valence-electron chi connectivity index (χ4n) is 1.57. The Balaban J connectivity index is 2.52. The zero-order valence-corrected chi connectivity index (χ0v) is 13.7. The Morgan fingerprint density at radius 2 is 2.05 bits per heavy atom. The fourth-order valence-corrected chi connectivity index (χ4v) is 2.91. The van der Waals surface area contributed by atoms with Crippen molar-refractivity contribution in [3.8, 4) is 5.75 Å². The first-order chi connectivity index (χ1) is 9.02. The Kier molecular flexibility index (Phi) is 4.60. The van der Waals surface area contributed by atoms with Crippen molar-refractivity contribution >= 4 is 49.2 Å². The van der Waals surface area contributed by atoms with Crippen molar-refractivity contribution in [1.29, 1.82) is 0 Å². The molecule has 0 aliphatic carbocycles. The second-order valence-electron chi connectivity index (χ2n) is 3.66. The van der Waals surface area contributed by atoms with Crippen LogP contribution in [0.15, 0.2) is 39.4 Å². The predicted molar refractivity (Wildman–Crippen MR) is 81.1 cm³/mol. The molecule has 0 saturated heterocycles. The number of nitrogens with zero attached hydrogens (tertiary/aromatic N) is 1. The van der Waals surface area contributed by atoms with Crippen molar-refractivity contribution in [3.05, 3.63) is 55.7 Å². The zero-order valence-electron chi connectivity index (χ0n) is 9.78. The van der Waals surface area contributed by atoms with E-state index in [0.29, 0.717) is 26.5 Å². The van der Waals surface area contributed by atoms with Crippen molar-refractivity contribution < 1.29 is 9.53 Å². The molecule has 0 unspecified atom stereocenters. The van der Waals surface area contributed by atoms with E-state index in [9.17, 15) is 4.79 Å². The first-order valence-electron chi connectivity index (χ1n) is 5.22. The van der Waals surface area contributed by atoms with Crippen LogP contribution in [0.1, 0.15) is 16.1 Å². The maximum Gasteiger partial charge on any atom is 0.216 e. The van der Waals surface area contributed by atoms with Crippen molar-refractivity contribution in [2.45, 2.75) is 0 Å². The Morgan fingerprint density at radius 3 is 2.68 bits per heavy atom. The van der Waals surface area contributed by atoms with E-state index in [1.807, 2.05) is 0 Å². The van der Waals surface area contributed by atoms with E-state index < -0.39 is 0 Å². The molecule has 19 heavy (non-hydrogen) atoms. The molecular formula is C13H8Br2ClNO2. The third kappa shape index (κ3) is 3.16. The maximum atomic E-state index is 12.5. The quantitative estimate of drug-likeness (QED) is 0.706. The second kappa shape index (κ2) is 6.03. The van der Waals surface area contributed by atoms with Crippen LogP contribution < -0.4 is 4.74 Å². The van der Waals surface area contributed by atoms with Gasteiger partial charge in [0.1, 0.15) is 11.4 Å². The molecule has 1 aromatic heterocycles. The number of ketones is 1. The van der Waals surface area contributed by atoms with Gasteiger partial charge in [-0.15, -0.1) is 0 Å². The number of benzene rings is 1. The molecule has 2 aromatic rings. The molecule has 0 bridgehead atoms. The van der Waals surface area contributed by atoms with Gasteiger partial charge in [0.2, 0.25) is 5.78 Å². The summed E-state index contributed by atoms with van der Waals surface area (Å²) in [6.45, 7) is 0. The summed E-state index contributed by atoms with van der Waals surface area (Å²) in [5.74, 6) is 0.213. The van der Waals surface area contributed by atoms with E-state index in [0.717, 1.165) is 4.47 Å². The summed E-state index contributed by atoms with van der Waals surface area (Å²) in [7, 11) is 1.50. The van der Waals surface area contributed by atoms with Gasteiger partial charge < -0.3 is 4.74 Å². The molecule has 0 N–H and O–H groups in total. The number of carbonyl (C=O) groups excluding carboxylic acids is 1. The van der Waals surface area contributed by atoms with Crippen LogP contribution in [-0.2, 0) is 0 Å². The Hall–Kier alpha value is -0.910. The summed E-state index contributed by atoms with van der Waals surface area (Å²) in [5.41, 5.74) is 0.689. The number of hydrogen-bond acceptors (Lipinski definition) is 3. The van der Waals surface area contributed by atoms with E-state index in [1.54, 1.807) is 30.5 Å². The van der Waals surface area contributed by atoms with Crippen LogP contribution in [-0.4, -0.2) is 17.9 Å². The van der Waals surface area contributed by atoms with E-state index in [4.69, 9.17) is 16.3 Å². The van der Waals surface area contributed by atoms with Crippen LogP contribution in [0.5, 0.6) is 5.75 Å². The zero-order chi connectivity index (χ0) is 14.0. The molecule has 2 rings (SSSR count). The molecule has 3 nitrogen and oxygen atoms in total. The van der Waals surface area contributed by atoms with Gasteiger partial charge in [0.15, 0.2) is 0 Å². The highest BCUT2D eigenvalue weighted by atomic mass is 79.9. The smallest absolute Gasteiger partial charge is 0.216 e. The highest BCUT2D eigenvalue weighted by molar-refractivity contribution is 9.11. The lowest BCUT2D eigenvalue weighted by atomic mass is 10.1. The Labute approximate surface area is 132 Å². The molecule has 98 valence electrons. The first-order valence-corrected chi connectivity index (χ1v) is 7.18. The molecule has 0 saturated carbocycles. The molecule has 0 radical (unpaired) electrons. The number of hydrogen-bond donors (Lipinski definition) is 0. The minimum Gasteiger partial charge on any atom is -0.496 e. The topological polar surface area (TPSA) is 39.2 Å². The van der Waals surface area contributed by atoms with E-state index in [1.165, 1.54) is 7.11 Å². The highest BCUT2D eigenvalue weighted by Crippen LogP contribution is 2.28. The fraction of sp³-hybridized carbons (Fsp3) is 0.0769. The van der Waals surface area contributed by atoms with Crippen LogP contribution in [0.4, 0.5) is 0 Å². The van der Waals surface area contributed by atoms with Gasteiger partial charge in [0.25, 0.3) is 0 Å². The second-order valence-corrected chi connectivity index (χ2v) is 5.86. The van der Waals surface area contributed by atoms with Gasteiger partial charge in [-0.1, -0.05) is 11.6 Å². The molecular weight excluding hydrogens is 397 g/mol. The van der Waals surface area contributed by atoms with Gasteiger partial charge in [-0.2, -0.15) is 0 Å². The van der Waals surface area contributed by atoms with Crippen LogP contribution in [0.3, 0.4) is 0 Å². The summed E-state index contributed by atoms with van der Waals surface area (Å²) in [6.07, 6.45) is 1.56. The minimum absolute atomic E-state index is 0.251. The van der Waals surface area contributed by atoms with Gasteiger partial charge in [-0.3, -0.25) is 9.78 Å². The summed E-state index contributed by atoms with van der Waals surface area (Å²) in [5, 5.41) is 0.470. The van der Waals surface area contributed by atoms with Crippen molar-refractivity contribution in [2.24, 2.45) is 0 Å². The van der Waals surface area contributed by atoms with Crippen molar-refractivity contribution in [2.75, 3.05) is 7.11 Å². The molecule has 1 aromatic carbocycles. The van der Waals surface area contributed by atoms with E-state index in [2.05, 4.69) is 36.8 Å². The molecule has 6 heteroatoms. The van der Waals surface area contributed by atoms with E-state index in [-0.39, 0.29) is 5.78 Å². The molecule has 0 aliphatic heterocycles. The number of halogens is 3. The summed E-state index contributed by atoms with van der Waals surface area (Å²) in [6, 6.07) is 6.65. The number of pyridine rings is 1. The lowest BCUT2D eigenvalue weighted by Crippen LogP contribution is -2.07. The van der Waals surface area contributed by atoms with Gasteiger partial charge in [0, 0.05) is 20.2 Å². The molecule has 1 heterocycles. The van der Waals surface area contributed by atoms with Gasteiger partial charge >= 0.3 is 0 Å². The number of aromatic nitrogens is 1. The Bertz CT molecular complexity index is 647. The Morgan fingerprint density at radius 1 is 1.32 bits per heavy atom. The highest BCUT2D eigenvalue weighted by Gasteiger charge is 2.19. The third-order valence-corrected chi connectivity index (χ3v) is 3.70. The molecule has 0 fully saturated rings. The molecule has 0 amide bonds. The summed E-state index contributed by atoms with van der Waals surface area (Å²) < 4.78 is 6.57. The maximum absolute atomic E-state index is 12.5. The third-order valence-electron chi connectivity index (χ3n) is 2.43. The van der Waals surface area contributed by atoms with Crippen LogP contribution in [0.2, 0.25) is 5.02 Å². The van der Waals surface area contributed by atoms with Crippen molar-refractivity contribution in [3.63, 3.8) is 0 Å². The van der Waals surface area contributed by atoms with Gasteiger partial charge in [0.05, 0.1) is 12.7 Å². The van der Waals surface area contributed by atoms with Gasteiger partial charge in [-0.25, -0.2) is 0 Å². The number of methoxy groups -OCH3 is 1. The minimum atomic E-state index is -0.251.